The van der Waals surface area contributed by atoms with Crippen LogP contribution in [0.1, 0.15) is 5.56 Å². The van der Waals surface area contributed by atoms with Gasteiger partial charge in [0.1, 0.15) is 0 Å². The van der Waals surface area contributed by atoms with Crippen LogP contribution in [0.3, 0.4) is 0 Å². The van der Waals surface area contributed by atoms with Gasteiger partial charge in [-0.25, -0.2) is 5.06 Å². The molecule has 0 saturated heterocycles. The Hall–Kier alpha value is -1.06. The molecule has 0 bridgehead atoms. The number of hydrogen-bond donors (Lipinski definition) is 0. The first kappa shape index (κ1) is 10.0. The second-order valence-corrected chi connectivity index (χ2v) is 3.23. The van der Waals surface area contributed by atoms with Gasteiger partial charge in [0.15, 0.2) is 0 Å². The fraction of sp³-hybridized carbons (Fsp3) is 0.400. The van der Waals surface area contributed by atoms with Gasteiger partial charge in [0, 0.05) is 21.1 Å². The van der Waals surface area contributed by atoms with Gasteiger partial charge in [0.05, 0.1) is 5.69 Å². The largest absolute Gasteiger partial charge is 0.238 e. The van der Waals surface area contributed by atoms with Crippen molar-refractivity contribution in [3.63, 3.8) is 0 Å². The summed E-state index contributed by atoms with van der Waals surface area (Å²) >= 11 is 0. The van der Waals surface area contributed by atoms with Gasteiger partial charge in [-0.1, -0.05) is 12.1 Å². The van der Waals surface area contributed by atoms with Gasteiger partial charge in [-0.05, 0) is 24.6 Å². The highest BCUT2D eigenvalue weighted by atomic mass is 16.8. The SMILES string of the molecule is Cc1cccc(N(C)ON(C)C)c1. The maximum atomic E-state index is 5.36. The molecular formula is C10H16N2O. The van der Waals surface area contributed by atoms with Crippen molar-refractivity contribution in [2.24, 2.45) is 0 Å². The number of hydroxylamine groups is 3. The van der Waals surface area contributed by atoms with Crippen LogP contribution in [0.15, 0.2) is 24.3 Å². The molecule has 0 aliphatic rings. The Morgan fingerprint density at radius 2 is 1.85 bits per heavy atom. The smallest absolute Gasteiger partial charge is 0.0655 e. The van der Waals surface area contributed by atoms with Crippen LogP contribution >= 0.6 is 0 Å². The fourth-order valence-electron chi connectivity index (χ4n) is 1.12. The molecule has 0 aliphatic heterocycles. The number of anilines is 1. The molecule has 3 nitrogen and oxygen atoms in total. The molecule has 0 spiro atoms. The zero-order valence-electron chi connectivity index (χ0n) is 8.61. The van der Waals surface area contributed by atoms with E-state index in [1.165, 1.54) is 5.56 Å². The molecule has 0 N–H and O–H groups in total. The minimum atomic E-state index is 1.05. The standard InChI is InChI=1S/C10H16N2O/c1-9-6-5-7-10(8-9)12(4)13-11(2)3/h5-8H,1-4H3. The van der Waals surface area contributed by atoms with Crippen molar-refractivity contribution in [2.45, 2.75) is 6.92 Å². The summed E-state index contributed by atoms with van der Waals surface area (Å²) in [5, 5.41) is 3.38. The monoisotopic (exact) mass is 180 g/mol. The van der Waals surface area contributed by atoms with Gasteiger partial charge >= 0.3 is 0 Å². The van der Waals surface area contributed by atoms with E-state index in [-0.39, 0.29) is 0 Å². The van der Waals surface area contributed by atoms with Crippen molar-refractivity contribution in [3.05, 3.63) is 29.8 Å². The first-order valence-corrected chi connectivity index (χ1v) is 4.25. The van der Waals surface area contributed by atoms with Crippen LogP contribution in [0.5, 0.6) is 0 Å². The van der Waals surface area contributed by atoms with E-state index in [2.05, 4.69) is 19.1 Å². The number of benzene rings is 1. The summed E-state index contributed by atoms with van der Waals surface area (Å²) in [6, 6.07) is 8.16. The molecule has 0 fully saturated rings. The Morgan fingerprint density at radius 1 is 1.15 bits per heavy atom. The molecule has 0 atom stereocenters. The van der Waals surface area contributed by atoms with Crippen molar-refractivity contribution in [3.8, 4) is 0 Å². The molecule has 3 heteroatoms. The lowest BCUT2D eigenvalue weighted by Gasteiger charge is -2.21. The second kappa shape index (κ2) is 4.25. The molecule has 13 heavy (non-hydrogen) atoms. The average Bonchev–Trinajstić information content (AvgIpc) is 2.03. The van der Waals surface area contributed by atoms with Crippen LogP contribution in [-0.2, 0) is 4.94 Å². The van der Waals surface area contributed by atoms with Gasteiger partial charge in [-0.15, -0.1) is 0 Å². The van der Waals surface area contributed by atoms with Crippen molar-refractivity contribution < 1.29 is 4.94 Å². The summed E-state index contributed by atoms with van der Waals surface area (Å²) in [6.45, 7) is 2.06. The van der Waals surface area contributed by atoms with Crippen molar-refractivity contribution >= 4 is 5.69 Å². The first-order chi connectivity index (χ1) is 6.09. The van der Waals surface area contributed by atoms with Gasteiger partial charge in [0.2, 0.25) is 0 Å². The van der Waals surface area contributed by atoms with Gasteiger partial charge < -0.3 is 0 Å². The van der Waals surface area contributed by atoms with Gasteiger partial charge in [0.25, 0.3) is 0 Å². The Kier molecular flexibility index (Phi) is 3.28. The summed E-state index contributed by atoms with van der Waals surface area (Å²) in [7, 11) is 5.59. The number of rotatable bonds is 3. The number of hydrogen-bond acceptors (Lipinski definition) is 3. The third kappa shape index (κ3) is 3.05. The molecular weight excluding hydrogens is 164 g/mol. The topological polar surface area (TPSA) is 15.7 Å². The minimum Gasteiger partial charge on any atom is -0.238 e. The lowest BCUT2D eigenvalue weighted by molar-refractivity contribution is -0.127. The zero-order chi connectivity index (χ0) is 9.84. The quantitative estimate of drug-likeness (QED) is 0.660. The molecule has 72 valence electrons. The molecule has 0 unspecified atom stereocenters. The third-order valence-electron chi connectivity index (χ3n) is 1.65. The Morgan fingerprint density at radius 3 is 2.38 bits per heavy atom. The van der Waals surface area contributed by atoms with Crippen LogP contribution < -0.4 is 5.06 Å². The molecule has 0 aromatic heterocycles. The first-order valence-electron chi connectivity index (χ1n) is 4.25. The van der Waals surface area contributed by atoms with Crippen molar-refractivity contribution in [1.29, 1.82) is 0 Å². The summed E-state index contributed by atoms with van der Waals surface area (Å²) in [6.07, 6.45) is 0. The normalized spacial score (nSPS) is 10.5. The Bertz CT molecular complexity index is 273. The fourth-order valence-corrected chi connectivity index (χ4v) is 1.12. The summed E-state index contributed by atoms with van der Waals surface area (Å²) in [5.74, 6) is 0. The van der Waals surface area contributed by atoms with E-state index in [1.54, 1.807) is 10.1 Å². The van der Waals surface area contributed by atoms with Crippen LogP contribution in [0.25, 0.3) is 0 Å². The molecule has 0 radical (unpaired) electrons. The average molecular weight is 180 g/mol. The van der Waals surface area contributed by atoms with Gasteiger partial charge in [-0.3, -0.25) is 0 Å². The maximum Gasteiger partial charge on any atom is 0.0655 e. The second-order valence-electron chi connectivity index (χ2n) is 3.23. The molecule has 1 rings (SSSR count). The lowest BCUT2D eigenvalue weighted by atomic mass is 10.2. The lowest BCUT2D eigenvalue weighted by Crippen LogP contribution is -2.26. The molecule has 0 amide bonds. The van der Waals surface area contributed by atoms with E-state index in [0.717, 1.165) is 5.69 Å². The predicted octanol–water partition coefficient (Wildman–Crippen LogP) is 1.84. The van der Waals surface area contributed by atoms with E-state index >= 15 is 0 Å². The molecule has 0 heterocycles. The van der Waals surface area contributed by atoms with E-state index in [0.29, 0.717) is 0 Å². The van der Waals surface area contributed by atoms with Crippen LogP contribution in [0, 0.1) is 6.92 Å². The predicted molar refractivity (Wildman–Crippen MR) is 54.4 cm³/mol. The molecule has 1 aromatic carbocycles. The highest BCUT2D eigenvalue weighted by Crippen LogP contribution is 2.14. The Balaban J connectivity index is 2.71. The molecule has 1 aromatic rings. The van der Waals surface area contributed by atoms with E-state index in [4.69, 9.17) is 4.94 Å². The number of nitrogens with zero attached hydrogens (tertiary/aromatic N) is 2. The van der Waals surface area contributed by atoms with Gasteiger partial charge in [-0.2, -0.15) is 10.0 Å². The highest BCUT2D eigenvalue weighted by molar-refractivity contribution is 5.45. The summed E-state index contributed by atoms with van der Waals surface area (Å²) in [4.78, 5) is 5.36. The highest BCUT2D eigenvalue weighted by Gasteiger charge is 2.01. The van der Waals surface area contributed by atoms with Crippen molar-refractivity contribution in [1.82, 2.24) is 5.06 Å². The third-order valence-corrected chi connectivity index (χ3v) is 1.65. The molecule has 0 aliphatic carbocycles. The molecule has 0 saturated carbocycles. The summed E-state index contributed by atoms with van der Waals surface area (Å²) in [5.41, 5.74) is 2.28. The zero-order valence-corrected chi connectivity index (χ0v) is 8.61. The van der Waals surface area contributed by atoms with Crippen molar-refractivity contribution in [2.75, 3.05) is 26.2 Å². The minimum absolute atomic E-state index is 1.05. The van der Waals surface area contributed by atoms with Crippen LogP contribution in [0.2, 0.25) is 0 Å². The van der Waals surface area contributed by atoms with E-state index in [9.17, 15) is 0 Å². The maximum absolute atomic E-state index is 5.36. The Labute approximate surface area is 79.4 Å². The van der Waals surface area contributed by atoms with Crippen LogP contribution in [-0.4, -0.2) is 26.2 Å². The van der Waals surface area contributed by atoms with E-state index < -0.39 is 0 Å². The summed E-state index contributed by atoms with van der Waals surface area (Å²) < 4.78 is 0. The van der Waals surface area contributed by atoms with E-state index in [1.807, 2.05) is 33.3 Å². The van der Waals surface area contributed by atoms with Crippen LogP contribution in [0.4, 0.5) is 5.69 Å². The number of aryl methyl sites for hydroxylation is 1.